The smallest absolute Gasteiger partial charge is 0.223 e. The molecule has 114 valence electrons. The van der Waals surface area contributed by atoms with E-state index >= 15 is 0 Å². The summed E-state index contributed by atoms with van der Waals surface area (Å²) < 4.78 is 0. The van der Waals surface area contributed by atoms with Crippen LogP contribution in [0.1, 0.15) is 51.2 Å². The Kier molecular flexibility index (Phi) is 7.77. The average molecular weight is 297 g/mol. The molecule has 0 unspecified atom stereocenters. The second kappa shape index (κ2) is 9.08. The highest BCUT2D eigenvalue weighted by Crippen LogP contribution is 2.13. The molecule has 1 amide bonds. The standard InChI is InChI=1S/C15H27N3OS/c1-5-12(6-2)15(19)16-9-14-17-13(11-20-14)10-18(7-3)8-4/h11-12H,5-10H2,1-4H3,(H,16,19). The van der Waals surface area contributed by atoms with Crippen LogP contribution < -0.4 is 5.32 Å². The third-order valence-corrected chi connectivity index (χ3v) is 4.55. The minimum Gasteiger partial charge on any atom is -0.349 e. The number of hydrogen-bond donors (Lipinski definition) is 1. The molecular weight excluding hydrogens is 270 g/mol. The van der Waals surface area contributed by atoms with Gasteiger partial charge in [-0.1, -0.05) is 27.7 Å². The number of carbonyl (C=O) groups excluding carboxylic acids is 1. The molecule has 0 saturated carbocycles. The molecule has 5 heteroatoms. The number of carbonyl (C=O) groups is 1. The lowest BCUT2D eigenvalue weighted by molar-refractivity contribution is -0.125. The molecule has 4 nitrogen and oxygen atoms in total. The van der Waals surface area contributed by atoms with Gasteiger partial charge >= 0.3 is 0 Å². The number of thiazole rings is 1. The largest absolute Gasteiger partial charge is 0.349 e. The highest BCUT2D eigenvalue weighted by atomic mass is 32.1. The first kappa shape index (κ1) is 17.1. The molecule has 1 aromatic rings. The minimum atomic E-state index is 0.130. The SMILES string of the molecule is CCC(CC)C(=O)NCc1nc(CN(CC)CC)cs1. The molecule has 1 heterocycles. The predicted octanol–water partition coefficient (Wildman–Crippen LogP) is 3.04. The summed E-state index contributed by atoms with van der Waals surface area (Å²) in [7, 11) is 0. The first-order valence-corrected chi connectivity index (χ1v) is 8.45. The molecule has 0 bridgehead atoms. The van der Waals surface area contributed by atoms with E-state index in [4.69, 9.17) is 0 Å². The summed E-state index contributed by atoms with van der Waals surface area (Å²) in [5, 5.41) is 6.08. The van der Waals surface area contributed by atoms with E-state index < -0.39 is 0 Å². The maximum absolute atomic E-state index is 11.9. The van der Waals surface area contributed by atoms with Gasteiger partial charge in [-0.05, 0) is 25.9 Å². The van der Waals surface area contributed by atoms with Gasteiger partial charge < -0.3 is 5.32 Å². The van der Waals surface area contributed by atoms with Gasteiger partial charge in [-0.3, -0.25) is 9.69 Å². The van der Waals surface area contributed by atoms with Crippen molar-refractivity contribution in [3.8, 4) is 0 Å². The monoisotopic (exact) mass is 297 g/mol. The van der Waals surface area contributed by atoms with Crippen molar-refractivity contribution in [1.29, 1.82) is 0 Å². The fourth-order valence-electron chi connectivity index (χ4n) is 2.15. The van der Waals surface area contributed by atoms with Crippen molar-refractivity contribution >= 4 is 17.2 Å². The zero-order valence-electron chi connectivity index (χ0n) is 13.1. The van der Waals surface area contributed by atoms with Crippen molar-refractivity contribution in [3.05, 3.63) is 16.1 Å². The zero-order valence-corrected chi connectivity index (χ0v) is 13.9. The van der Waals surface area contributed by atoms with Crippen LogP contribution >= 0.6 is 11.3 Å². The fraction of sp³-hybridized carbons (Fsp3) is 0.733. The average Bonchev–Trinajstić information content (AvgIpc) is 2.91. The van der Waals surface area contributed by atoms with E-state index in [1.165, 1.54) is 0 Å². The first-order chi connectivity index (χ1) is 9.64. The molecule has 1 N–H and O–H groups in total. The van der Waals surface area contributed by atoms with E-state index in [9.17, 15) is 4.79 Å². The number of hydrogen-bond acceptors (Lipinski definition) is 4. The van der Waals surface area contributed by atoms with E-state index in [1.54, 1.807) is 11.3 Å². The highest BCUT2D eigenvalue weighted by Gasteiger charge is 2.14. The van der Waals surface area contributed by atoms with Crippen LogP contribution in [0.4, 0.5) is 0 Å². The Morgan fingerprint density at radius 3 is 2.50 bits per heavy atom. The van der Waals surface area contributed by atoms with Gasteiger partial charge in [0.05, 0.1) is 12.2 Å². The molecule has 0 aliphatic heterocycles. The minimum absolute atomic E-state index is 0.130. The van der Waals surface area contributed by atoms with E-state index in [2.05, 4.69) is 48.3 Å². The maximum Gasteiger partial charge on any atom is 0.223 e. The number of aromatic nitrogens is 1. The second-order valence-corrected chi connectivity index (χ2v) is 5.87. The molecule has 0 aliphatic carbocycles. The lowest BCUT2D eigenvalue weighted by Crippen LogP contribution is -2.29. The Labute approximate surface area is 126 Å². The fourth-order valence-corrected chi connectivity index (χ4v) is 2.87. The Morgan fingerprint density at radius 1 is 1.30 bits per heavy atom. The van der Waals surface area contributed by atoms with E-state index in [0.717, 1.165) is 43.2 Å². The molecule has 1 aromatic heterocycles. The van der Waals surface area contributed by atoms with Crippen LogP contribution in [-0.2, 0) is 17.9 Å². The van der Waals surface area contributed by atoms with Gasteiger partial charge in [0, 0.05) is 17.8 Å². The van der Waals surface area contributed by atoms with Crippen molar-refractivity contribution in [2.24, 2.45) is 5.92 Å². The maximum atomic E-state index is 11.9. The third kappa shape index (κ3) is 5.21. The van der Waals surface area contributed by atoms with Crippen molar-refractivity contribution in [2.45, 2.75) is 53.6 Å². The Bertz CT molecular complexity index is 398. The Morgan fingerprint density at radius 2 is 1.95 bits per heavy atom. The molecular formula is C15H27N3OS. The van der Waals surface area contributed by atoms with Crippen molar-refractivity contribution in [1.82, 2.24) is 15.2 Å². The first-order valence-electron chi connectivity index (χ1n) is 7.57. The quantitative estimate of drug-likeness (QED) is 0.762. The van der Waals surface area contributed by atoms with Gasteiger partial charge in [-0.25, -0.2) is 4.98 Å². The molecule has 0 radical (unpaired) electrons. The van der Waals surface area contributed by atoms with Gasteiger partial charge in [0.1, 0.15) is 5.01 Å². The highest BCUT2D eigenvalue weighted by molar-refractivity contribution is 7.09. The van der Waals surface area contributed by atoms with Gasteiger partial charge in [0.25, 0.3) is 0 Å². The van der Waals surface area contributed by atoms with E-state index in [1.807, 2.05) is 0 Å². The van der Waals surface area contributed by atoms with Gasteiger partial charge in [0.2, 0.25) is 5.91 Å². The lowest BCUT2D eigenvalue weighted by atomic mass is 10.0. The van der Waals surface area contributed by atoms with Crippen molar-refractivity contribution in [3.63, 3.8) is 0 Å². The summed E-state index contributed by atoms with van der Waals surface area (Å²) in [6, 6.07) is 0. The molecule has 0 saturated heterocycles. The molecule has 0 spiro atoms. The number of nitrogens with one attached hydrogen (secondary N) is 1. The van der Waals surface area contributed by atoms with E-state index in [0.29, 0.717) is 6.54 Å². The summed E-state index contributed by atoms with van der Waals surface area (Å²) >= 11 is 1.63. The van der Waals surface area contributed by atoms with Crippen LogP contribution in [0.3, 0.4) is 0 Å². The van der Waals surface area contributed by atoms with Crippen LogP contribution in [0, 0.1) is 5.92 Å². The normalized spacial score (nSPS) is 11.3. The summed E-state index contributed by atoms with van der Waals surface area (Å²) in [6.45, 7) is 11.9. The van der Waals surface area contributed by atoms with Crippen LogP contribution in [0.2, 0.25) is 0 Å². The van der Waals surface area contributed by atoms with Crippen molar-refractivity contribution in [2.75, 3.05) is 13.1 Å². The molecule has 1 rings (SSSR count). The lowest BCUT2D eigenvalue weighted by Gasteiger charge is -2.15. The number of rotatable bonds is 9. The summed E-state index contributed by atoms with van der Waals surface area (Å²) in [6.07, 6.45) is 1.79. The number of amides is 1. The molecule has 0 aliphatic rings. The third-order valence-electron chi connectivity index (χ3n) is 3.65. The summed E-state index contributed by atoms with van der Waals surface area (Å²) in [5.41, 5.74) is 1.10. The topological polar surface area (TPSA) is 45.2 Å². The second-order valence-electron chi connectivity index (χ2n) is 4.93. The van der Waals surface area contributed by atoms with Crippen LogP contribution in [-0.4, -0.2) is 28.9 Å². The predicted molar refractivity (Wildman–Crippen MR) is 84.7 cm³/mol. The zero-order chi connectivity index (χ0) is 15.0. The van der Waals surface area contributed by atoms with Crippen LogP contribution in [0.15, 0.2) is 5.38 Å². The molecule has 0 fully saturated rings. The van der Waals surface area contributed by atoms with Crippen LogP contribution in [0.25, 0.3) is 0 Å². The summed E-state index contributed by atoms with van der Waals surface area (Å²) in [4.78, 5) is 18.8. The van der Waals surface area contributed by atoms with Gasteiger partial charge in [-0.2, -0.15) is 0 Å². The molecule has 0 aromatic carbocycles. The Balaban J connectivity index is 2.46. The summed E-state index contributed by atoms with van der Waals surface area (Å²) in [5.74, 6) is 0.278. The van der Waals surface area contributed by atoms with Gasteiger partial charge in [-0.15, -0.1) is 11.3 Å². The van der Waals surface area contributed by atoms with Crippen molar-refractivity contribution < 1.29 is 4.79 Å². The molecule has 20 heavy (non-hydrogen) atoms. The number of nitrogens with zero attached hydrogens (tertiary/aromatic N) is 2. The molecule has 0 atom stereocenters. The van der Waals surface area contributed by atoms with E-state index in [-0.39, 0.29) is 11.8 Å². The van der Waals surface area contributed by atoms with Crippen LogP contribution in [0.5, 0.6) is 0 Å². The Hall–Kier alpha value is -0.940. The van der Waals surface area contributed by atoms with Gasteiger partial charge in [0.15, 0.2) is 0 Å².